The second-order valence-electron chi connectivity index (χ2n) is 10.2. The van der Waals surface area contributed by atoms with E-state index in [1.807, 2.05) is 12.1 Å². The Bertz CT molecular complexity index is 1220. The molecule has 5 rings (SSSR count). The molecule has 3 aliphatic rings. The Balaban J connectivity index is 1.21. The number of rotatable bonds is 10. The molecule has 0 aliphatic carbocycles. The van der Waals surface area contributed by atoms with Gasteiger partial charge in [-0.1, -0.05) is 11.2 Å². The number of oxime groups is 1. The molecule has 2 saturated heterocycles. The Labute approximate surface area is 237 Å². The number of fused-ring (bicyclic) bond motifs is 1. The van der Waals surface area contributed by atoms with E-state index in [1.165, 1.54) is 16.9 Å². The van der Waals surface area contributed by atoms with Crippen LogP contribution in [0, 0.1) is 0 Å². The number of carbonyl (C=O) groups is 2. The summed E-state index contributed by atoms with van der Waals surface area (Å²) < 4.78 is 5.87. The van der Waals surface area contributed by atoms with Crippen LogP contribution in [0.4, 0.5) is 5.13 Å². The normalized spacial score (nSPS) is 22.4. The van der Waals surface area contributed by atoms with Gasteiger partial charge in [-0.3, -0.25) is 9.59 Å². The molecule has 13 heteroatoms. The van der Waals surface area contributed by atoms with Gasteiger partial charge < -0.3 is 36.2 Å². The summed E-state index contributed by atoms with van der Waals surface area (Å²) in [6.07, 6.45) is 4.62. The molecule has 0 bridgehead atoms. The average molecular weight is 569 g/mol. The molecule has 3 atom stereocenters. The van der Waals surface area contributed by atoms with Crippen molar-refractivity contribution in [2.24, 2.45) is 10.1 Å². The number of aldehydes is 2. The van der Waals surface area contributed by atoms with Gasteiger partial charge in [0.25, 0.3) is 0 Å². The van der Waals surface area contributed by atoms with E-state index < -0.39 is 6.10 Å². The van der Waals surface area contributed by atoms with Crippen molar-refractivity contribution < 1.29 is 19.2 Å². The van der Waals surface area contributed by atoms with Crippen LogP contribution in [-0.2, 0) is 27.5 Å². The van der Waals surface area contributed by atoms with Crippen molar-refractivity contribution in [3.05, 3.63) is 40.4 Å². The lowest BCUT2D eigenvalue weighted by molar-refractivity contribution is -0.120. The minimum atomic E-state index is -0.994. The van der Waals surface area contributed by atoms with Crippen molar-refractivity contribution in [2.75, 3.05) is 38.5 Å². The summed E-state index contributed by atoms with van der Waals surface area (Å²) in [4.78, 5) is 39.7. The summed E-state index contributed by atoms with van der Waals surface area (Å²) in [5, 5.41) is 16.4. The number of hydrogen-bond acceptors (Lipinski definition) is 11. The number of aromatic nitrogens is 1. The second kappa shape index (κ2) is 13.7. The summed E-state index contributed by atoms with van der Waals surface area (Å²) in [5.41, 5.74) is 8.24. The first kappa shape index (κ1) is 28.0. The first-order valence-corrected chi connectivity index (χ1v) is 14.6. The number of hydrogen-bond donors (Lipinski definition) is 4. The largest absolute Gasteiger partial charge is 0.489 e. The van der Waals surface area contributed by atoms with Gasteiger partial charge >= 0.3 is 0 Å². The molecule has 0 saturated carbocycles. The van der Waals surface area contributed by atoms with Crippen molar-refractivity contribution in [1.29, 1.82) is 0 Å². The van der Waals surface area contributed by atoms with E-state index in [9.17, 15) is 9.59 Å². The number of carbonyl (C=O) groups excluding carboxylic acids is 2. The Morgan fingerprint density at radius 3 is 2.73 bits per heavy atom. The third-order valence-corrected chi connectivity index (χ3v) is 7.83. The Morgan fingerprint density at radius 2 is 2.02 bits per heavy atom. The topological polar surface area (TPSA) is 156 Å². The van der Waals surface area contributed by atoms with Crippen LogP contribution in [0.2, 0.25) is 0 Å². The highest BCUT2D eigenvalue weighted by Crippen LogP contribution is 2.27. The zero-order valence-corrected chi connectivity index (χ0v) is 23.2. The number of nitrogens with zero attached hydrogens (tertiary/aromatic N) is 4. The first-order valence-electron chi connectivity index (χ1n) is 13.7. The van der Waals surface area contributed by atoms with E-state index in [0.717, 1.165) is 76.5 Å². The molecular formula is C27H36N8O4S. The van der Waals surface area contributed by atoms with Crippen LogP contribution in [-0.4, -0.2) is 85.1 Å². The van der Waals surface area contributed by atoms with Crippen LogP contribution < -0.4 is 26.4 Å². The van der Waals surface area contributed by atoms with Gasteiger partial charge in [0, 0.05) is 37.6 Å². The van der Waals surface area contributed by atoms with Crippen molar-refractivity contribution in [2.45, 2.75) is 57.0 Å². The molecule has 1 aromatic heterocycles. The second-order valence-corrected chi connectivity index (χ2v) is 11.1. The van der Waals surface area contributed by atoms with Gasteiger partial charge in [-0.05, 0) is 62.0 Å². The predicted octanol–water partition coefficient (Wildman–Crippen LogP) is 1.06. The molecule has 0 spiro atoms. The Morgan fingerprint density at radius 1 is 1.20 bits per heavy atom. The molecule has 0 amide bonds. The number of benzene rings is 1. The van der Waals surface area contributed by atoms with Crippen LogP contribution in [0.15, 0.2) is 33.7 Å². The smallest absolute Gasteiger partial charge is 0.215 e. The number of anilines is 1. The zero-order chi connectivity index (χ0) is 27.7. The number of nitrogens with one attached hydrogen (secondary N) is 3. The number of guanidine groups is 1. The number of nitrogen functional groups attached to an aromatic ring is 1. The molecule has 5 N–H and O–H groups in total. The lowest BCUT2D eigenvalue weighted by Crippen LogP contribution is -2.51. The molecule has 214 valence electrons. The van der Waals surface area contributed by atoms with E-state index in [0.29, 0.717) is 35.2 Å². The van der Waals surface area contributed by atoms with Gasteiger partial charge in [0.1, 0.15) is 18.1 Å². The first-order chi connectivity index (χ1) is 19.6. The van der Waals surface area contributed by atoms with Crippen molar-refractivity contribution in [1.82, 2.24) is 25.8 Å². The number of nitrogens with two attached hydrogens (primary N) is 1. The summed E-state index contributed by atoms with van der Waals surface area (Å²) in [6, 6.07) is 6.58. The predicted molar refractivity (Wildman–Crippen MR) is 154 cm³/mol. The van der Waals surface area contributed by atoms with E-state index in [-0.39, 0.29) is 18.4 Å². The fourth-order valence-corrected chi connectivity index (χ4v) is 5.58. The lowest BCUT2D eigenvalue weighted by atomic mass is 10.1. The number of aliphatic imine (C=N–C) groups is 1. The number of piperidine rings is 2. The average Bonchev–Trinajstić information content (AvgIpc) is 3.61. The quantitative estimate of drug-likeness (QED) is 0.141. The third kappa shape index (κ3) is 7.34. The van der Waals surface area contributed by atoms with Crippen molar-refractivity contribution >= 4 is 40.7 Å². The van der Waals surface area contributed by atoms with E-state index >= 15 is 0 Å². The van der Waals surface area contributed by atoms with Gasteiger partial charge in [0.05, 0.1) is 6.04 Å². The SMILES string of the molecule is Nc1nc(/C(C=O)=N/OC(C=O)COc2ccc3c(c2)CN(C(=NC2CCCNC2)NC2CCCNC2)C3)cs1. The van der Waals surface area contributed by atoms with Crippen LogP contribution in [0.3, 0.4) is 0 Å². The molecule has 3 aliphatic heterocycles. The highest BCUT2D eigenvalue weighted by molar-refractivity contribution is 7.13. The van der Waals surface area contributed by atoms with Crippen LogP contribution in [0.1, 0.15) is 42.5 Å². The third-order valence-electron chi connectivity index (χ3n) is 7.15. The molecule has 40 heavy (non-hydrogen) atoms. The van der Waals surface area contributed by atoms with Crippen LogP contribution in [0.5, 0.6) is 5.75 Å². The summed E-state index contributed by atoms with van der Waals surface area (Å²) >= 11 is 1.18. The lowest BCUT2D eigenvalue weighted by Gasteiger charge is -2.31. The molecule has 2 fully saturated rings. The fourth-order valence-electron chi connectivity index (χ4n) is 5.03. The van der Waals surface area contributed by atoms with E-state index in [2.05, 4.69) is 37.1 Å². The van der Waals surface area contributed by atoms with Gasteiger partial charge in [-0.2, -0.15) is 0 Å². The highest BCUT2D eigenvalue weighted by Gasteiger charge is 2.26. The summed E-state index contributed by atoms with van der Waals surface area (Å²) in [5.74, 6) is 1.59. The minimum Gasteiger partial charge on any atom is -0.489 e. The summed E-state index contributed by atoms with van der Waals surface area (Å²) in [7, 11) is 0. The molecule has 1 aromatic carbocycles. The molecule has 2 aromatic rings. The van der Waals surface area contributed by atoms with Gasteiger partial charge in [0.15, 0.2) is 29.4 Å². The Kier molecular flexibility index (Phi) is 9.58. The van der Waals surface area contributed by atoms with Crippen molar-refractivity contribution in [3.8, 4) is 5.75 Å². The van der Waals surface area contributed by atoms with E-state index in [4.69, 9.17) is 20.3 Å². The van der Waals surface area contributed by atoms with Gasteiger partial charge in [0.2, 0.25) is 6.10 Å². The monoisotopic (exact) mass is 568 g/mol. The number of ether oxygens (including phenoxy) is 1. The summed E-state index contributed by atoms with van der Waals surface area (Å²) in [6.45, 7) is 5.40. The molecule has 3 unspecified atom stereocenters. The highest BCUT2D eigenvalue weighted by atomic mass is 32.1. The van der Waals surface area contributed by atoms with E-state index in [1.54, 1.807) is 5.38 Å². The Hall–Kier alpha value is -3.55. The van der Waals surface area contributed by atoms with Crippen LogP contribution in [0.25, 0.3) is 0 Å². The molecular weight excluding hydrogens is 532 g/mol. The molecule has 12 nitrogen and oxygen atoms in total. The maximum absolute atomic E-state index is 11.6. The molecule has 0 radical (unpaired) electrons. The number of thiazole rings is 1. The maximum Gasteiger partial charge on any atom is 0.215 e. The standard InChI is InChI=1S/C27H36N8O4S/c28-26-33-25(17-40-26)24(15-37)34-39-23(14-36)16-38-22-6-5-18-12-35(13-19(18)9-22)27(31-20-3-1-7-29-10-20)32-21-4-2-8-30-11-21/h5-6,9,14-15,17,20-21,23,29-30H,1-4,7-8,10-13,16H2,(H2,28,33)(H,31,32)/b34-24+. The zero-order valence-electron chi connectivity index (χ0n) is 22.4. The van der Waals surface area contributed by atoms with Gasteiger partial charge in [-0.25, -0.2) is 9.98 Å². The minimum absolute atomic E-state index is 0.0449. The van der Waals surface area contributed by atoms with Gasteiger partial charge in [-0.15, -0.1) is 11.3 Å². The fraction of sp³-hybridized carbons (Fsp3) is 0.519. The maximum atomic E-state index is 11.6. The van der Waals surface area contributed by atoms with Crippen LogP contribution >= 0.6 is 11.3 Å². The van der Waals surface area contributed by atoms with Crippen molar-refractivity contribution in [3.63, 3.8) is 0 Å². The molecule has 4 heterocycles.